The van der Waals surface area contributed by atoms with E-state index >= 15 is 0 Å². The number of hydrogen-bond acceptors (Lipinski definition) is 5. The Hall–Kier alpha value is -1.54. The van der Waals surface area contributed by atoms with Gasteiger partial charge < -0.3 is 15.6 Å². The molecule has 0 unspecified atom stereocenters. The zero-order chi connectivity index (χ0) is 12.6. The van der Waals surface area contributed by atoms with E-state index in [1.54, 1.807) is 0 Å². The summed E-state index contributed by atoms with van der Waals surface area (Å²) in [4.78, 5) is 14.7. The van der Waals surface area contributed by atoms with Gasteiger partial charge in [-0.15, -0.1) is 0 Å². The number of halogens is 2. The Balaban J connectivity index is 2.37. The average Bonchev–Trinajstić information content (AvgIpc) is 2.54. The van der Waals surface area contributed by atoms with Crippen molar-refractivity contribution in [2.45, 2.75) is 24.7 Å². The number of hydrogen-bond donors (Lipinski definition) is 2. The predicted octanol–water partition coefficient (Wildman–Crippen LogP) is -0.259. The van der Waals surface area contributed by atoms with Crippen LogP contribution in [0.25, 0.3) is 0 Å². The van der Waals surface area contributed by atoms with E-state index in [0.717, 1.165) is 6.20 Å². The monoisotopic (exact) mass is 247 g/mol. The number of alkyl halides is 2. The lowest BCUT2D eigenvalue weighted by Crippen LogP contribution is -2.35. The van der Waals surface area contributed by atoms with E-state index in [4.69, 9.17) is 15.6 Å². The van der Waals surface area contributed by atoms with Crippen LogP contribution >= 0.6 is 0 Å². The first-order chi connectivity index (χ1) is 7.94. The Morgan fingerprint density at radius 1 is 1.71 bits per heavy atom. The van der Waals surface area contributed by atoms with Gasteiger partial charge in [0.1, 0.15) is 5.82 Å². The standard InChI is InChI=1S/C9H11F2N3O3/c10-9(11)3-5(4-15)17-7(9)14-2-1-6(12)13-8(14)16/h1-2,5,7,15H,3-4H2,(H2,12,13,16)/t5-,7+/m0/s1. The van der Waals surface area contributed by atoms with E-state index in [1.807, 2.05) is 0 Å². The van der Waals surface area contributed by atoms with Crippen LogP contribution in [-0.2, 0) is 4.74 Å². The summed E-state index contributed by atoms with van der Waals surface area (Å²) in [6.45, 7) is -0.525. The number of nitrogens with two attached hydrogens (primary N) is 1. The van der Waals surface area contributed by atoms with Crippen molar-refractivity contribution in [2.75, 3.05) is 12.3 Å². The van der Waals surface area contributed by atoms with Gasteiger partial charge in [0, 0.05) is 12.6 Å². The van der Waals surface area contributed by atoms with Gasteiger partial charge in [-0.3, -0.25) is 4.57 Å². The molecule has 1 aromatic heterocycles. The Morgan fingerprint density at radius 3 is 2.94 bits per heavy atom. The second kappa shape index (κ2) is 4.04. The molecule has 0 spiro atoms. The predicted molar refractivity (Wildman–Crippen MR) is 53.5 cm³/mol. The summed E-state index contributed by atoms with van der Waals surface area (Å²) in [5, 5.41) is 8.80. The molecule has 1 aliphatic rings. The number of aliphatic hydroxyl groups excluding tert-OH is 1. The number of aromatic nitrogens is 2. The van der Waals surface area contributed by atoms with E-state index in [2.05, 4.69) is 4.98 Å². The Labute approximate surface area is 94.6 Å². The molecule has 0 bridgehead atoms. The third-order valence-electron chi connectivity index (χ3n) is 2.49. The quantitative estimate of drug-likeness (QED) is 0.751. The highest BCUT2D eigenvalue weighted by atomic mass is 19.3. The lowest BCUT2D eigenvalue weighted by molar-refractivity contribution is -0.120. The first-order valence-electron chi connectivity index (χ1n) is 4.93. The molecule has 1 aromatic rings. The fourth-order valence-electron chi connectivity index (χ4n) is 1.72. The number of rotatable bonds is 2. The summed E-state index contributed by atoms with van der Waals surface area (Å²) < 4.78 is 32.7. The average molecular weight is 247 g/mol. The highest BCUT2D eigenvalue weighted by Crippen LogP contribution is 2.41. The molecule has 1 fully saturated rings. The van der Waals surface area contributed by atoms with Crippen molar-refractivity contribution in [2.24, 2.45) is 0 Å². The SMILES string of the molecule is Nc1ccn([C@@H]2O[C@H](CO)CC2(F)F)c(=O)n1. The van der Waals surface area contributed by atoms with E-state index in [-0.39, 0.29) is 5.82 Å². The van der Waals surface area contributed by atoms with Crippen molar-refractivity contribution in [1.82, 2.24) is 9.55 Å². The van der Waals surface area contributed by atoms with Crippen LogP contribution < -0.4 is 11.4 Å². The van der Waals surface area contributed by atoms with E-state index in [1.165, 1.54) is 6.07 Å². The van der Waals surface area contributed by atoms with Crippen LogP contribution in [0.5, 0.6) is 0 Å². The van der Waals surface area contributed by atoms with Crippen molar-refractivity contribution in [3.63, 3.8) is 0 Å². The molecule has 2 heterocycles. The van der Waals surface area contributed by atoms with Crippen LogP contribution in [0.1, 0.15) is 12.6 Å². The highest BCUT2D eigenvalue weighted by Gasteiger charge is 2.51. The van der Waals surface area contributed by atoms with Crippen LogP contribution in [0, 0.1) is 0 Å². The zero-order valence-corrected chi connectivity index (χ0v) is 8.72. The van der Waals surface area contributed by atoms with Crippen molar-refractivity contribution < 1.29 is 18.6 Å². The van der Waals surface area contributed by atoms with Gasteiger partial charge in [-0.05, 0) is 6.07 Å². The summed E-state index contributed by atoms with van der Waals surface area (Å²) in [7, 11) is 0. The minimum atomic E-state index is -3.23. The molecule has 2 atom stereocenters. The maximum atomic E-state index is 13.6. The van der Waals surface area contributed by atoms with Gasteiger partial charge >= 0.3 is 5.69 Å². The molecule has 0 saturated carbocycles. The van der Waals surface area contributed by atoms with Gasteiger partial charge in [0.25, 0.3) is 5.92 Å². The molecule has 0 aromatic carbocycles. The van der Waals surface area contributed by atoms with Gasteiger partial charge in [0.2, 0.25) is 6.23 Å². The first-order valence-corrected chi connectivity index (χ1v) is 4.93. The van der Waals surface area contributed by atoms with E-state index < -0.39 is 37.0 Å². The van der Waals surface area contributed by atoms with Crippen molar-refractivity contribution >= 4 is 5.82 Å². The molecule has 94 valence electrons. The fraction of sp³-hybridized carbons (Fsp3) is 0.556. The van der Waals surface area contributed by atoms with Crippen LogP contribution in [0.2, 0.25) is 0 Å². The lowest BCUT2D eigenvalue weighted by Gasteiger charge is -2.19. The van der Waals surface area contributed by atoms with E-state index in [9.17, 15) is 13.6 Å². The number of nitrogen functional groups attached to an aromatic ring is 1. The molecule has 0 aliphatic carbocycles. The number of ether oxygens (including phenoxy) is 1. The van der Waals surface area contributed by atoms with Crippen LogP contribution in [0.4, 0.5) is 14.6 Å². The van der Waals surface area contributed by atoms with Crippen molar-refractivity contribution in [3.8, 4) is 0 Å². The topological polar surface area (TPSA) is 90.4 Å². The van der Waals surface area contributed by atoms with Crippen molar-refractivity contribution in [1.29, 1.82) is 0 Å². The zero-order valence-electron chi connectivity index (χ0n) is 8.72. The third kappa shape index (κ3) is 2.13. The molecule has 1 saturated heterocycles. The third-order valence-corrected chi connectivity index (χ3v) is 2.49. The van der Waals surface area contributed by atoms with Crippen LogP contribution in [0.3, 0.4) is 0 Å². The van der Waals surface area contributed by atoms with Crippen molar-refractivity contribution in [3.05, 3.63) is 22.7 Å². The first kappa shape index (κ1) is 11.9. The molecule has 3 N–H and O–H groups in total. The maximum absolute atomic E-state index is 13.6. The minimum Gasteiger partial charge on any atom is -0.394 e. The van der Waals surface area contributed by atoms with Crippen LogP contribution in [0.15, 0.2) is 17.1 Å². The Morgan fingerprint density at radius 2 is 2.41 bits per heavy atom. The summed E-state index contributed by atoms with van der Waals surface area (Å²) in [5.41, 5.74) is 4.35. The normalized spacial score (nSPS) is 27.2. The molecule has 2 rings (SSSR count). The van der Waals surface area contributed by atoms with Gasteiger partial charge in [-0.25, -0.2) is 13.6 Å². The molecule has 8 heteroatoms. The number of nitrogens with zero attached hydrogens (tertiary/aromatic N) is 2. The smallest absolute Gasteiger partial charge is 0.351 e. The summed E-state index contributed by atoms with van der Waals surface area (Å²) >= 11 is 0. The lowest BCUT2D eigenvalue weighted by atomic mass is 10.2. The minimum absolute atomic E-state index is 0.0497. The summed E-state index contributed by atoms with van der Waals surface area (Å²) in [5.74, 6) is -3.28. The Kier molecular flexibility index (Phi) is 2.84. The largest absolute Gasteiger partial charge is 0.394 e. The second-order valence-corrected chi connectivity index (χ2v) is 3.80. The Bertz CT molecular complexity index is 477. The number of anilines is 1. The molecule has 0 amide bonds. The van der Waals surface area contributed by atoms with Gasteiger partial charge in [-0.2, -0.15) is 4.98 Å². The fourth-order valence-corrected chi connectivity index (χ4v) is 1.72. The summed E-state index contributed by atoms with van der Waals surface area (Å²) in [6.07, 6.45) is -2.27. The van der Waals surface area contributed by atoms with E-state index in [0.29, 0.717) is 4.57 Å². The van der Waals surface area contributed by atoms with Gasteiger partial charge in [-0.1, -0.05) is 0 Å². The van der Waals surface area contributed by atoms with Gasteiger partial charge in [0.05, 0.1) is 12.7 Å². The number of aliphatic hydroxyl groups is 1. The maximum Gasteiger partial charge on any atom is 0.351 e. The molecular formula is C9H11F2N3O3. The van der Waals surface area contributed by atoms with Crippen LogP contribution in [-0.4, -0.2) is 33.3 Å². The second-order valence-electron chi connectivity index (χ2n) is 3.80. The molecule has 6 nitrogen and oxygen atoms in total. The highest BCUT2D eigenvalue weighted by molar-refractivity contribution is 5.23. The molecule has 17 heavy (non-hydrogen) atoms. The molecule has 0 radical (unpaired) electrons. The summed E-state index contributed by atoms with van der Waals surface area (Å²) in [6, 6.07) is 1.23. The van der Waals surface area contributed by atoms with Gasteiger partial charge in [0.15, 0.2) is 0 Å². The molecular weight excluding hydrogens is 236 g/mol. The molecule has 1 aliphatic heterocycles.